The summed E-state index contributed by atoms with van der Waals surface area (Å²) in [4.78, 5) is 3.83. The predicted octanol–water partition coefficient (Wildman–Crippen LogP) is -1.35. The third kappa shape index (κ3) is 4.92. The Labute approximate surface area is 72.3 Å². The van der Waals surface area contributed by atoms with Gasteiger partial charge in [0.05, 0.1) is 13.2 Å². The summed E-state index contributed by atoms with van der Waals surface area (Å²) >= 11 is 0. The number of hydrogen-bond donors (Lipinski definition) is 4. The number of rotatable bonds is 4. The van der Waals surface area contributed by atoms with E-state index in [1.54, 1.807) is 0 Å². The van der Waals surface area contributed by atoms with E-state index in [1.807, 2.05) is 6.92 Å². The Kier molecular flexibility index (Phi) is 4.61. The van der Waals surface area contributed by atoms with Crippen LogP contribution in [0.3, 0.4) is 0 Å². The zero-order chi connectivity index (χ0) is 9.61. The molecule has 0 bridgehead atoms. The summed E-state index contributed by atoms with van der Waals surface area (Å²) in [6, 6.07) is 0. The number of guanidine groups is 1. The third-order valence-electron chi connectivity index (χ3n) is 1.29. The van der Waals surface area contributed by atoms with Gasteiger partial charge >= 0.3 is 0 Å². The molecule has 0 aromatic carbocycles. The Bertz CT molecular complexity index is 157. The minimum absolute atomic E-state index is 0.0995. The summed E-state index contributed by atoms with van der Waals surface area (Å²) < 4.78 is 0. The third-order valence-corrected chi connectivity index (χ3v) is 1.29. The molecule has 0 saturated heterocycles. The average Bonchev–Trinajstić information content (AvgIpc) is 2.02. The summed E-state index contributed by atoms with van der Waals surface area (Å²) in [5.74, 6) is 0.284. The fraction of sp³-hybridized carbons (Fsp3) is 0.857. The van der Waals surface area contributed by atoms with Gasteiger partial charge in [-0.2, -0.15) is 0 Å². The van der Waals surface area contributed by atoms with Crippen LogP contribution >= 0.6 is 0 Å². The average molecular weight is 175 g/mol. The normalized spacial score (nSPS) is 17.2. The molecule has 0 fully saturated rings. The van der Waals surface area contributed by atoms with Gasteiger partial charge in [-0.25, -0.2) is 0 Å². The first-order valence-corrected chi connectivity index (χ1v) is 3.89. The number of aliphatic hydroxyl groups excluding tert-OH is 1. The summed E-state index contributed by atoms with van der Waals surface area (Å²) in [7, 11) is 0. The number of nitrogens with two attached hydrogens (primary N) is 1. The molecule has 0 spiro atoms. The molecule has 0 aliphatic rings. The minimum Gasteiger partial charge on any atom is -0.393 e. The lowest BCUT2D eigenvalue weighted by Crippen LogP contribution is -2.37. The predicted molar refractivity (Wildman–Crippen MR) is 47.9 cm³/mol. The van der Waals surface area contributed by atoms with Crippen LogP contribution < -0.4 is 11.1 Å². The van der Waals surface area contributed by atoms with Crippen molar-refractivity contribution in [2.45, 2.75) is 19.4 Å². The first-order valence-electron chi connectivity index (χ1n) is 3.89. The van der Waals surface area contributed by atoms with Gasteiger partial charge in [0, 0.05) is 6.54 Å². The van der Waals surface area contributed by atoms with Gasteiger partial charge < -0.3 is 21.3 Å². The smallest absolute Gasteiger partial charge is 0.188 e. The van der Waals surface area contributed by atoms with E-state index in [4.69, 9.17) is 10.8 Å². The van der Waals surface area contributed by atoms with Crippen molar-refractivity contribution >= 4 is 5.96 Å². The van der Waals surface area contributed by atoms with Crippen molar-refractivity contribution < 1.29 is 10.2 Å². The quantitative estimate of drug-likeness (QED) is 0.314. The van der Waals surface area contributed by atoms with Crippen molar-refractivity contribution in [3.63, 3.8) is 0 Å². The molecule has 12 heavy (non-hydrogen) atoms. The van der Waals surface area contributed by atoms with Gasteiger partial charge in [0.15, 0.2) is 5.96 Å². The van der Waals surface area contributed by atoms with E-state index in [0.717, 1.165) is 0 Å². The van der Waals surface area contributed by atoms with Gasteiger partial charge in [0.1, 0.15) is 5.60 Å². The number of hydrogen-bond acceptors (Lipinski definition) is 3. The van der Waals surface area contributed by atoms with Crippen molar-refractivity contribution in [3.8, 4) is 0 Å². The van der Waals surface area contributed by atoms with E-state index < -0.39 is 5.60 Å². The van der Waals surface area contributed by atoms with E-state index in [0.29, 0.717) is 6.54 Å². The highest BCUT2D eigenvalue weighted by Crippen LogP contribution is 2.00. The molecule has 0 heterocycles. The molecule has 0 radical (unpaired) electrons. The monoisotopic (exact) mass is 175 g/mol. The Morgan fingerprint density at radius 3 is 2.67 bits per heavy atom. The second kappa shape index (κ2) is 4.95. The second-order valence-electron chi connectivity index (χ2n) is 2.89. The summed E-state index contributed by atoms with van der Waals surface area (Å²) in [6.45, 7) is 3.86. The van der Waals surface area contributed by atoms with Crippen molar-refractivity contribution in [1.29, 1.82) is 0 Å². The Morgan fingerprint density at radius 1 is 1.67 bits per heavy atom. The van der Waals surface area contributed by atoms with Gasteiger partial charge in [0.2, 0.25) is 0 Å². The fourth-order valence-corrected chi connectivity index (χ4v) is 0.543. The summed E-state index contributed by atoms with van der Waals surface area (Å²) in [5, 5.41) is 20.7. The standard InChI is InChI=1S/C7H17N3O2/c1-3-9-6(8)10-4-7(2,12)5-11/h11-12H,3-5H2,1-2H3,(H3,8,9,10). The van der Waals surface area contributed by atoms with Crippen LogP contribution in [0.15, 0.2) is 4.99 Å². The first-order chi connectivity index (χ1) is 5.52. The van der Waals surface area contributed by atoms with E-state index in [2.05, 4.69) is 10.3 Å². The number of nitrogens with one attached hydrogen (secondary N) is 1. The van der Waals surface area contributed by atoms with Crippen LogP contribution in [0.4, 0.5) is 0 Å². The molecule has 0 aliphatic carbocycles. The van der Waals surface area contributed by atoms with E-state index in [-0.39, 0.29) is 19.1 Å². The lowest BCUT2D eigenvalue weighted by Gasteiger charge is -2.17. The van der Waals surface area contributed by atoms with Crippen molar-refractivity contribution in [1.82, 2.24) is 5.32 Å². The zero-order valence-corrected chi connectivity index (χ0v) is 7.54. The molecular weight excluding hydrogens is 158 g/mol. The molecule has 0 amide bonds. The SMILES string of the molecule is CCNC(N)=NCC(C)(O)CO. The molecule has 0 aromatic heterocycles. The highest BCUT2D eigenvalue weighted by Gasteiger charge is 2.17. The molecular formula is C7H17N3O2. The van der Waals surface area contributed by atoms with Crippen LogP contribution in [0.2, 0.25) is 0 Å². The summed E-state index contributed by atoms with van der Waals surface area (Å²) in [6.07, 6.45) is 0. The molecule has 5 nitrogen and oxygen atoms in total. The number of aliphatic imine (C=N–C) groups is 1. The second-order valence-corrected chi connectivity index (χ2v) is 2.89. The van der Waals surface area contributed by atoms with Crippen molar-refractivity contribution in [3.05, 3.63) is 0 Å². The molecule has 1 atom stereocenters. The molecule has 5 N–H and O–H groups in total. The van der Waals surface area contributed by atoms with Crippen LogP contribution in [0.1, 0.15) is 13.8 Å². The molecule has 72 valence electrons. The van der Waals surface area contributed by atoms with Crippen molar-refractivity contribution in [2.24, 2.45) is 10.7 Å². The van der Waals surface area contributed by atoms with Crippen LogP contribution in [-0.4, -0.2) is 41.5 Å². The molecule has 0 rings (SSSR count). The summed E-state index contributed by atoms with van der Waals surface area (Å²) in [5.41, 5.74) is 4.21. The Hall–Kier alpha value is -0.810. The molecule has 0 aromatic rings. The van der Waals surface area contributed by atoms with Gasteiger partial charge in [-0.1, -0.05) is 0 Å². The molecule has 0 aliphatic heterocycles. The van der Waals surface area contributed by atoms with Crippen LogP contribution in [0.5, 0.6) is 0 Å². The number of nitrogens with zero attached hydrogens (tertiary/aromatic N) is 1. The Morgan fingerprint density at radius 2 is 2.25 bits per heavy atom. The fourth-order valence-electron chi connectivity index (χ4n) is 0.543. The maximum absolute atomic E-state index is 9.30. The number of aliphatic hydroxyl groups is 2. The van der Waals surface area contributed by atoms with Crippen LogP contribution in [-0.2, 0) is 0 Å². The first kappa shape index (κ1) is 11.2. The minimum atomic E-state index is -1.18. The lowest BCUT2D eigenvalue weighted by atomic mass is 10.1. The van der Waals surface area contributed by atoms with Crippen LogP contribution in [0, 0.1) is 0 Å². The molecule has 0 saturated carbocycles. The van der Waals surface area contributed by atoms with Crippen LogP contribution in [0.25, 0.3) is 0 Å². The highest BCUT2D eigenvalue weighted by molar-refractivity contribution is 5.77. The van der Waals surface area contributed by atoms with E-state index >= 15 is 0 Å². The highest BCUT2D eigenvalue weighted by atomic mass is 16.3. The molecule has 5 heteroatoms. The van der Waals surface area contributed by atoms with E-state index in [1.165, 1.54) is 6.92 Å². The Balaban J connectivity index is 3.86. The van der Waals surface area contributed by atoms with Gasteiger partial charge in [0.25, 0.3) is 0 Å². The lowest BCUT2D eigenvalue weighted by molar-refractivity contribution is 0.0101. The zero-order valence-electron chi connectivity index (χ0n) is 7.54. The topological polar surface area (TPSA) is 90.9 Å². The van der Waals surface area contributed by atoms with E-state index in [9.17, 15) is 5.11 Å². The largest absolute Gasteiger partial charge is 0.393 e. The maximum Gasteiger partial charge on any atom is 0.188 e. The van der Waals surface area contributed by atoms with Gasteiger partial charge in [-0.15, -0.1) is 0 Å². The van der Waals surface area contributed by atoms with Gasteiger partial charge in [-0.05, 0) is 13.8 Å². The maximum atomic E-state index is 9.30. The molecule has 1 unspecified atom stereocenters. The van der Waals surface area contributed by atoms with Gasteiger partial charge in [-0.3, -0.25) is 4.99 Å². The van der Waals surface area contributed by atoms with Crippen molar-refractivity contribution in [2.75, 3.05) is 19.7 Å².